The third-order valence-electron chi connectivity index (χ3n) is 3.79. The van der Waals surface area contributed by atoms with E-state index in [1.165, 1.54) is 0 Å². The second-order valence-electron chi connectivity index (χ2n) is 6.37. The predicted octanol–water partition coefficient (Wildman–Crippen LogP) is 3.74. The average molecular weight is 329 g/mol. The number of amides is 1. The molecule has 1 aliphatic heterocycles. The number of nitrogens with zero attached hydrogens (tertiary/aromatic N) is 1. The lowest BCUT2D eigenvalue weighted by atomic mass is 10.1. The second-order valence-corrected chi connectivity index (χ2v) is 6.37. The molecule has 0 N–H and O–H groups in total. The minimum absolute atomic E-state index is 0.0317. The van der Waals surface area contributed by atoms with Crippen LogP contribution in [0.25, 0.3) is 0 Å². The van der Waals surface area contributed by atoms with Crippen LogP contribution in [0.15, 0.2) is 41.0 Å². The highest BCUT2D eigenvalue weighted by Crippen LogP contribution is 2.31. The van der Waals surface area contributed by atoms with Crippen LogP contribution < -0.4 is 9.47 Å². The first-order chi connectivity index (χ1) is 11.6. The minimum Gasteiger partial charge on any atom is -0.490 e. The number of furan rings is 1. The van der Waals surface area contributed by atoms with Gasteiger partial charge in [0.1, 0.15) is 5.76 Å². The van der Waals surface area contributed by atoms with Gasteiger partial charge in [-0.05, 0) is 36.2 Å². The van der Waals surface area contributed by atoms with E-state index in [4.69, 9.17) is 13.9 Å². The molecule has 1 aliphatic rings. The zero-order valence-corrected chi connectivity index (χ0v) is 14.2. The zero-order chi connectivity index (χ0) is 16.9. The molecule has 0 radical (unpaired) electrons. The van der Waals surface area contributed by atoms with Crippen LogP contribution in [0.5, 0.6) is 11.5 Å². The number of carbonyl (C=O) groups is 1. The molecule has 5 nitrogen and oxygen atoms in total. The lowest BCUT2D eigenvalue weighted by Crippen LogP contribution is -2.33. The first kappa shape index (κ1) is 16.4. The van der Waals surface area contributed by atoms with Crippen LogP contribution in [0.2, 0.25) is 0 Å². The van der Waals surface area contributed by atoms with Crippen LogP contribution in [-0.4, -0.2) is 30.6 Å². The Bertz CT molecular complexity index is 679. The molecule has 0 saturated carbocycles. The summed E-state index contributed by atoms with van der Waals surface area (Å²) in [7, 11) is 0. The SMILES string of the molecule is CC(C)CN(Cc1ccco1)C(=O)c1ccc2c(c1)OCCCO2. The largest absolute Gasteiger partial charge is 0.490 e. The number of fused-ring (bicyclic) bond motifs is 1. The van der Waals surface area contributed by atoms with E-state index in [9.17, 15) is 4.79 Å². The summed E-state index contributed by atoms with van der Waals surface area (Å²) in [5.74, 6) is 2.45. The number of hydrogen-bond donors (Lipinski definition) is 0. The van der Waals surface area contributed by atoms with Gasteiger partial charge in [0, 0.05) is 18.5 Å². The maximum absolute atomic E-state index is 13.0. The molecule has 128 valence electrons. The number of rotatable bonds is 5. The van der Waals surface area contributed by atoms with Crippen molar-refractivity contribution in [1.29, 1.82) is 0 Å². The molecule has 0 bridgehead atoms. The summed E-state index contributed by atoms with van der Waals surface area (Å²) >= 11 is 0. The normalized spacial score (nSPS) is 13.6. The molecule has 0 unspecified atom stereocenters. The quantitative estimate of drug-likeness (QED) is 0.838. The van der Waals surface area contributed by atoms with Crippen LogP contribution in [0.4, 0.5) is 0 Å². The van der Waals surface area contributed by atoms with Crippen LogP contribution in [0.3, 0.4) is 0 Å². The Morgan fingerprint density at radius 3 is 2.67 bits per heavy atom. The summed E-state index contributed by atoms with van der Waals surface area (Å²) in [6, 6.07) is 9.10. The Labute approximate surface area is 142 Å². The van der Waals surface area contributed by atoms with E-state index >= 15 is 0 Å². The van der Waals surface area contributed by atoms with Crippen molar-refractivity contribution in [3.63, 3.8) is 0 Å². The van der Waals surface area contributed by atoms with Gasteiger partial charge >= 0.3 is 0 Å². The molecule has 2 aromatic rings. The van der Waals surface area contributed by atoms with Crippen LogP contribution in [0, 0.1) is 5.92 Å². The van der Waals surface area contributed by atoms with Crippen molar-refractivity contribution >= 4 is 5.91 Å². The highest BCUT2D eigenvalue weighted by atomic mass is 16.5. The maximum Gasteiger partial charge on any atom is 0.254 e. The number of benzene rings is 1. The van der Waals surface area contributed by atoms with E-state index in [-0.39, 0.29) is 5.91 Å². The molecule has 1 amide bonds. The molecule has 1 aromatic heterocycles. The molecule has 24 heavy (non-hydrogen) atoms. The topological polar surface area (TPSA) is 51.9 Å². The van der Waals surface area contributed by atoms with Gasteiger partial charge in [-0.25, -0.2) is 0 Å². The van der Waals surface area contributed by atoms with Gasteiger partial charge in [0.25, 0.3) is 5.91 Å². The van der Waals surface area contributed by atoms with E-state index in [1.807, 2.05) is 23.1 Å². The van der Waals surface area contributed by atoms with E-state index in [0.29, 0.717) is 49.3 Å². The highest BCUT2D eigenvalue weighted by molar-refractivity contribution is 5.95. The molecular formula is C19H23NO4. The monoisotopic (exact) mass is 329 g/mol. The fraction of sp³-hybridized carbons (Fsp3) is 0.421. The fourth-order valence-corrected chi connectivity index (χ4v) is 2.73. The van der Waals surface area contributed by atoms with Gasteiger partial charge in [-0.1, -0.05) is 13.8 Å². The first-order valence-corrected chi connectivity index (χ1v) is 8.35. The van der Waals surface area contributed by atoms with E-state index in [0.717, 1.165) is 12.2 Å². The fourth-order valence-electron chi connectivity index (χ4n) is 2.73. The van der Waals surface area contributed by atoms with Crippen molar-refractivity contribution in [2.45, 2.75) is 26.8 Å². The van der Waals surface area contributed by atoms with Gasteiger partial charge in [0.15, 0.2) is 11.5 Å². The zero-order valence-electron chi connectivity index (χ0n) is 14.2. The molecule has 1 aromatic carbocycles. The number of hydrogen-bond acceptors (Lipinski definition) is 4. The van der Waals surface area contributed by atoms with Crippen molar-refractivity contribution in [2.24, 2.45) is 5.92 Å². The Morgan fingerprint density at radius 1 is 1.17 bits per heavy atom. The minimum atomic E-state index is -0.0317. The molecule has 0 aliphatic carbocycles. The standard InChI is InChI=1S/C19H23NO4/c1-14(2)12-20(13-16-5-3-8-22-16)19(21)15-6-7-17-18(11-15)24-10-4-9-23-17/h3,5-8,11,14H,4,9-10,12-13H2,1-2H3. The summed E-state index contributed by atoms with van der Waals surface area (Å²) in [6.45, 7) is 6.55. The Hall–Kier alpha value is -2.43. The van der Waals surface area contributed by atoms with Gasteiger partial charge in [-0.2, -0.15) is 0 Å². The van der Waals surface area contributed by atoms with Gasteiger partial charge < -0.3 is 18.8 Å². The average Bonchev–Trinajstić information content (AvgIpc) is 2.95. The third-order valence-corrected chi connectivity index (χ3v) is 3.79. The molecule has 0 spiro atoms. The Morgan fingerprint density at radius 2 is 1.96 bits per heavy atom. The van der Waals surface area contributed by atoms with Gasteiger partial charge in [-0.15, -0.1) is 0 Å². The lowest BCUT2D eigenvalue weighted by Gasteiger charge is -2.24. The van der Waals surface area contributed by atoms with Crippen LogP contribution >= 0.6 is 0 Å². The first-order valence-electron chi connectivity index (χ1n) is 8.35. The van der Waals surface area contributed by atoms with Gasteiger partial charge in [0.05, 0.1) is 26.0 Å². The summed E-state index contributed by atoms with van der Waals surface area (Å²) < 4.78 is 16.7. The molecule has 3 rings (SSSR count). The summed E-state index contributed by atoms with van der Waals surface area (Å²) in [6.07, 6.45) is 2.47. The van der Waals surface area contributed by atoms with Crippen molar-refractivity contribution in [1.82, 2.24) is 4.90 Å². The van der Waals surface area contributed by atoms with E-state index in [1.54, 1.807) is 18.4 Å². The van der Waals surface area contributed by atoms with Gasteiger partial charge in [-0.3, -0.25) is 4.79 Å². The summed E-state index contributed by atoms with van der Waals surface area (Å²) in [4.78, 5) is 14.8. The highest BCUT2D eigenvalue weighted by Gasteiger charge is 2.21. The molecule has 0 fully saturated rings. The molecular weight excluding hydrogens is 306 g/mol. The number of ether oxygens (including phenoxy) is 2. The van der Waals surface area contributed by atoms with Crippen LogP contribution in [0.1, 0.15) is 36.4 Å². The predicted molar refractivity (Wildman–Crippen MR) is 90.3 cm³/mol. The smallest absolute Gasteiger partial charge is 0.254 e. The number of carbonyl (C=O) groups excluding carboxylic acids is 1. The van der Waals surface area contributed by atoms with Crippen molar-refractivity contribution in [3.05, 3.63) is 47.9 Å². The van der Waals surface area contributed by atoms with Crippen molar-refractivity contribution in [3.8, 4) is 11.5 Å². The lowest BCUT2D eigenvalue weighted by molar-refractivity contribution is 0.0709. The molecule has 2 heterocycles. The van der Waals surface area contributed by atoms with E-state index in [2.05, 4.69) is 13.8 Å². The van der Waals surface area contributed by atoms with Crippen molar-refractivity contribution < 1.29 is 18.7 Å². The van der Waals surface area contributed by atoms with Crippen LogP contribution in [-0.2, 0) is 6.54 Å². The Balaban J connectivity index is 1.82. The summed E-state index contributed by atoms with van der Waals surface area (Å²) in [5.41, 5.74) is 0.603. The Kier molecular flexibility index (Phi) is 5.08. The summed E-state index contributed by atoms with van der Waals surface area (Å²) in [5, 5.41) is 0. The maximum atomic E-state index is 13.0. The van der Waals surface area contributed by atoms with Gasteiger partial charge in [0.2, 0.25) is 0 Å². The van der Waals surface area contributed by atoms with E-state index < -0.39 is 0 Å². The molecule has 0 atom stereocenters. The van der Waals surface area contributed by atoms with Crippen molar-refractivity contribution in [2.75, 3.05) is 19.8 Å². The molecule has 0 saturated heterocycles. The molecule has 5 heteroatoms. The third kappa shape index (κ3) is 3.91. The second kappa shape index (κ2) is 7.43.